The summed E-state index contributed by atoms with van der Waals surface area (Å²) >= 11 is 0. The van der Waals surface area contributed by atoms with Crippen LogP contribution in [0, 0.1) is 11.3 Å². The fourth-order valence-corrected chi connectivity index (χ4v) is 5.21. The number of hydrogen-bond donors (Lipinski definition) is 1. The van der Waals surface area contributed by atoms with Crippen molar-refractivity contribution >= 4 is 21.5 Å². The maximum Gasteiger partial charge on any atom is 0.357 e. The van der Waals surface area contributed by atoms with Gasteiger partial charge in [-0.25, -0.2) is 13.2 Å². The number of ether oxygens (including phenoxy) is 1. The van der Waals surface area contributed by atoms with E-state index in [9.17, 15) is 18.5 Å². The molecule has 1 heterocycles. The van der Waals surface area contributed by atoms with Gasteiger partial charge in [0.05, 0.1) is 28.5 Å². The van der Waals surface area contributed by atoms with Gasteiger partial charge >= 0.3 is 5.97 Å². The van der Waals surface area contributed by atoms with Crippen LogP contribution < -0.4 is 5.73 Å². The Bertz CT molecular complexity index is 996. The van der Waals surface area contributed by atoms with Gasteiger partial charge in [-0.2, -0.15) is 5.26 Å². The van der Waals surface area contributed by atoms with Crippen molar-refractivity contribution in [2.75, 3.05) is 12.8 Å². The standard InChI is InChI=1S/C18H19N3O4S/c1-25-18(22)17-16(20)12(10-19)11-21(17)13-5-4-8-15(9-13)26(23,24)14-6-2-3-7-14/h4-5,8-9,11,14H,2-3,6-7,20H2,1H3. The molecular formula is C18H19N3O4S. The molecule has 0 radical (unpaired) electrons. The van der Waals surface area contributed by atoms with Crippen LogP contribution in [0.1, 0.15) is 41.7 Å². The van der Waals surface area contributed by atoms with E-state index in [0.29, 0.717) is 18.5 Å². The lowest BCUT2D eigenvalue weighted by atomic mass is 10.2. The Hall–Kier alpha value is -2.79. The van der Waals surface area contributed by atoms with E-state index in [0.717, 1.165) is 12.8 Å². The van der Waals surface area contributed by atoms with Crippen molar-refractivity contribution in [2.45, 2.75) is 35.8 Å². The zero-order chi connectivity index (χ0) is 18.9. The molecule has 2 aromatic rings. The van der Waals surface area contributed by atoms with E-state index in [1.165, 1.54) is 23.9 Å². The summed E-state index contributed by atoms with van der Waals surface area (Å²) in [6.45, 7) is 0. The van der Waals surface area contributed by atoms with Crippen molar-refractivity contribution in [3.63, 3.8) is 0 Å². The number of benzene rings is 1. The highest BCUT2D eigenvalue weighted by atomic mass is 32.2. The quantitative estimate of drug-likeness (QED) is 0.823. The third-order valence-corrected chi connectivity index (χ3v) is 6.97. The molecule has 136 valence electrons. The van der Waals surface area contributed by atoms with Gasteiger partial charge in [-0.05, 0) is 31.0 Å². The number of nitriles is 1. The first-order chi connectivity index (χ1) is 12.4. The molecular weight excluding hydrogens is 354 g/mol. The van der Waals surface area contributed by atoms with Gasteiger partial charge in [-0.3, -0.25) is 0 Å². The predicted molar refractivity (Wildman–Crippen MR) is 95.7 cm³/mol. The molecule has 2 N–H and O–H groups in total. The Kier molecular flexibility index (Phi) is 4.74. The van der Waals surface area contributed by atoms with Crippen molar-refractivity contribution in [1.29, 1.82) is 5.26 Å². The molecule has 1 saturated carbocycles. The third-order valence-electron chi connectivity index (χ3n) is 4.71. The molecule has 7 nitrogen and oxygen atoms in total. The monoisotopic (exact) mass is 373 g/mol. The lowest BCUT2D eigenvalue weighted by Crippen LogP contribution is -2.18. The van der Waals surface area contributed by atoms with E-state index in [1.54, 1.807) is 18.2 Å². The van der Waals surface area contributed by atoms with Gasteiger partial charge in [0.2, 0.25) is 0 Å². The van der Waals surface area contributed by atoms with Crippen LogP contribution >= 0.6 is 0 Å². The summed E-state index contributed by atoms with van der Waals surface area (Å²) in [5, 5.41) is 8.82. The molecule has 1 aromatic carbocycles. The van der Waals surface area contributed by atoms with Crippen molar-refractivity contribution in [2.24, 2.45) is 0 Å². The second-order valence-corrected chi connectivity index (χ2v) is 8.46. The lowest BCUT2D eigenvalue weighted by molar-refractivity contribution is 0.0593. The first-order valence-corrected chi connectivity index (χ1v) is 9.78. The summed E-state index contributed by atoms with van der Waals surface area (Å²) in [5.74, 6) is -0.701. The lowest BCUT2D eigenvalue weighted by Gasteiger charge is -2.13. The molecule has 1 fully saturated rings. The van der Waals surface area contributed by atoms with Crippen molar-refractivity contribution in [1.82, 2.24) is 4.57 Å². The second-order valence-electron chi connectivity index (χ2n) is 6.23. The molecule has 0 amide bonds. The molecule has 0 spiro atoms. The number of methoxy groups -OCH3 is 1. The van der Waals surface area contributed by atoms with Crippen LogP contribution in [0.2, 0.25) is 0 Å². The Morgan fingerprint density at radius 2 is 2.04 bits per heavy atom. The largest absolute Gasteiger partial charge is 0.464 e. The smallest absolute Gasteiger partial charge is 0.357 e. The van der Waals surface area contributed by atoms with Crippen LogP contribution in [0.3, 0.4) is 0 Å². The van der Waals surface area contributed by atoms with Gasteiger partial charge in [0.1, 0.15) is 6.07 Å². The molecule has 0 bridgehead atoms. The van der Waals surface area contributed by atoms with E-state index in [2.05, 4.69) is 0 Å². The van der Waals surface area contributed by atoms with Gasteiger partial charge in [0, 0.05) is 11.9 Å². The number of hydrogen-bond acceptors (Lipinski definition) is 6. The number of nitrogen functional groups attached to an aromatic ring is 1. The minimum Gasteiger partial charge on any atom is -0.464 e. The number of nitrogens with two attached hydrogens (primary N) is 1. The molecule has 1 aliphatic carbocycles. The molecule has 26 heavy (non-hydrogen) atoms. The van der Waals surface area contributed by atoms with Gasteiger partial charge in [0.25, 0.3) is 0 Å². The first-order valence-electron chi connectivity index (χ1n) is 8.23. The average molecular weight is 373 g/mol. The summed E-state index contributed by atoms with van der Waals surface area (Å²) in [6.07, 6.45) is 4.55. The van der Waals surface area contributed by atoms with E-state index in [1.807, 2.05) is 6.07 Å². The Balaban J connectivity index is 2.12. The number of carbonyl (C=O) groups excluding carboxylic acids is 1. The molecule has 3 rings (SSSR count). The minimum absolute atomic E-state index is 0.000496. The Labute approximate surface area is 151 Å². The molecule has 8 heteroatoms. The van der Waals surface area contributed by atoms with Crippen LogP contribution in [0.25, 0.3) is 5.69 Å². The summed E-state index contributed by atoms with van der Waals surface area (Å²) < 4.78 is 31.8. The predicted octanol–water partition coefficient (Wildman–Crippen LogP) is 2.43. The highest BCUT2D eigenvalue weighted by molar-refractivity contribution is 7.92. The number of anilines is 1. The van der Waals surface area contributed by atoms with Crippen LogP contribution in [0.5, 0.6) is 0 Å². The first kappa shape index (κ1) is 18.0. The fourth-order valence-electron chi connectivity index (χ4n) is 3.32. The van der Waals surface area contributed by atoms with Crippen LogP contribution in [-0.4, -0.2) is 31.3 Å². The number of esters is 1. The molecule has 1 aliphatic rings. The highest BCUT2D eigenvalue weighted by Gasteiger charge is 2.30. The van der Waals surface area contributed by atoms with E-state index < -0.39 is 15.8 Å². The third kappa shape index (κ3) is 2.95. The molecule has 0 unspecified atom stereocenters. The zero-order valence-corrected chi connectivity index (χ0v) is 15.1. The number of sulfone groups is 1. The minimum atomic E-state index is -3.44. The maximum atomic E-state index is 12.8. The summed E-state index contributed by atoms with van der Waals surface area (Å²) in [5.41, 5.74) is 6.44. The van der Waals surface area contributed by atoms with Gasteiger partial charge < -0.3 is 15.0 Å². The van der Waals surface area contributed by atoms with Gasteiger partial charge in [-0.1, -0.05) is 18.9 Å². The average Bonchev–Trinajstić information content (AvgIpc) is 3.29. The molecule has 0 saturated heterocycles. The zero-order valence-electron chi connectivity index (χ0n) is 14.3. The summed E-state index contributed by atoms with van der Waals surface area (Å²) in [6, 6.07) is 8.24. The van der Waals surface area contributed by atoms with E-state index >= 15 is 0 Å². The van der Waals surface area contributed by atoms with E-state index in [-0.39, 0.29) is 27.1 Å². The Morgan fingerprint density at radius 3 is 2.65 bits per heavy atom. The molecule has 0 atom stereocenters. The van der Waals surface area contributed by atoms with Gasteiger partial charge in [-0.15, -0.1) is 0 Å². The number of carbonyl (C=O) groups is 1. The second kappa shape index (κ2) is 6.84. The Morgan fingerprint density at radius 1 is 1.35 bits per heavy atom. The number of nitrogens with zero attached hydrogens (tertiary/aromatic N) is 2. The van der Waals surface area contributed by atoms with Crippen LogP contribution in [-0.2, 0) is 14.6 Å². The van der Waals surface area contributed by atoms with Crippen LogP contribution in [0.4, 0.5) is 5.69 Å². The summed E-state index contributed by atoms with van der Waals surface area (Å²) in [4.78, 5) is 12.3. The number of aromatic nitrogens is 1. The van der Waals surface area contributed by atoms with Gasteiger partial charge in [0.15, 0.2) is 15.5 Å². The highest BCUT2D eigenvalue weighted by Crippen LogP contribution is 2.31. The SMILES string of the molecule is COC(=O)c1c(N)c(C#N)cn1-c1cccc(S(=O)(=O)C2CCCC2)c1. The summed E-state index contributed by atoms with van der Waals surface area (Å²) in [7, 11) is -2.23. The number of rotatable bonds is 4. The molecule has 1 aromatic heterocycles. The van der Waals surface area contributed by atoms with Crippen molar-refractivity contribution in [3.8, 4) is 11.8 Å². The van der Waals surface area contributed by atoms with E-state index in [4.69, 9.17) is 10.5 Å². The topological polar surface area (TPSA) is 115 Å². The molecule has 0 aliphatic heterocycles. The van der Waals surface area contributed by atoms with Crippen LogP contribution in [0.15, 0.2) is 35.4 Å². The normalized spacial score (nSPS) is 14.9. The van der Waals surface area contributed by atoms with Crippen molar-refractivity contribution in [3.05, 3.63) is 41.7 Å². The van der Waals surface area contributed by atoms with Crippen molar-refractivity contribution < 1.29 is 17.9 Å². The maximum absolute atomic E-state index is 12.8. The fraction of sp³-hybridized carbons (Fsp3) is 0.333.